The molecule has 2 atom stereocenters. The van der Waals surface area contributed by atoms with E-state index in [1.54, 1.807) is 13.0 Å². The topological polar surface area (TPSA) is 37.3 Å². The standard InChI is InChI=1S/C16H22O2S/c1-12(15(18)19-16(2,3)4)14(17)11-10-13-8-6-5-7-9-13/h5-12,14,17H,1-4H3/b11-10+/t12-,14+/m1/s1. The number of hydrogen-bond acceptors (Lipinski definition) is 3. The van der Waals surface area contributed by atoms with Gasteiger partial charge >= 0.3 is 0 Å². The molecule has 3 heteroatoms. The lowest BCUT2D eigenvalue weighted by Gasteiger charge is -2.20. The molecule has 0 aliphatic carbocycles. The summed E-state index contributed by atoms with van der Waals surface area (Å²) in [6, 6.07) is 9.74. The van der Waals surface area contributed by atoms with Crippen LogP contribution in [0.1, 0.15) is 33.3 Å². The molecule has 0 aliphatic rings. The summed E-state index contributed by atoms with van der Waals surface area (Å²) >= 11 is 1.28. The molecule has 1 aromatic carbocycles. The summed E-state index contributed by atoms with van der Waals surface area (Å²) in [4.78, 5) is 12.0. The Labute approximate surface area is 119 Å². The number of carbonyl (C=O) groups excluding carboxylic acids is 1. The lowest BCUT2D eigenvalue weighted by atomic mass is 10.1. The fraction of sp³-hybridized carbons (Fsp3) is 0.438. The van der Waals surface area contributed by atoms with Gasteiger partial charge in [0, 0.05) is 4.75 Å². The highest BCUT2D eigenvalue weighted by molar-refractivity contribution is 8.14. The van der Waals surface area contributed by atoms with Crippen LogP contribution in [0.2, 0.25) is 0 Å². The highest BCUT2D eigenvalue weighted by Gasteiger charge is 2.25. The number of aliphatic hydroxyl groups is 1. The van der Waals surface area contributed by atoms with Crippen molar-refractivity contribution >= 4 is 23.0 Å². The first-order chi connectivity index (χ1) is 8.79. The van der Waals surface area contributed by atoms with Crippen molar-refractivity contribution in [2.24, 2.45) is 5.92 Å². The first-order valence-corrected chi connectivity index (χ1v) is 7.25. The maximum absolute atomic E-state index is 12.0. The predicted molar refractivity (Wildman–Crippen MR) is 83.0 cm³/mol. The molecular formula is C16H22O2S. The Bertz CT molecular complexity index is 432. The molecule has 19 heavy (non-hydrogen) atoms. The first kappa shape index (κ1) is 16.0. The Morgan fingerprint density at radius 3 is 2.37 bits per heavy atom. The minimum Gasteiger partial charge on any atom is -0.388 e. The Kier molecular flexibility index (Phi) is 5.83. The quantitative estimate of drug-likeness (QED) is 0.911. The fourth-order valence-electron chi connectivity index (χ4n) is 1.47. The number of hydrogen-bond donors (Lipinski definition) is 1. The molecule has 2 nitrogen and oxygen atoms in total. The second-order valence-electron chi connectivity index (χ2n) is 5.58. The second kappa shape index (κ2) is 6.92. The molecule has 0 radical (unpaired) electrons. The van der Waals surface area contributed by atoms with Crippen molar-refractivity contribution < 1.29 is 9.90 Å². The molecular weight excluding hydrogens is 256 g/mol. The summed E-state index contributed by atoms with van der Waals surface area (Å²) in [6.07, 6.45) is 2.78. The van der Waals surface area contributed by atoms with Gasteiger partial charge < -0.3 is 5.11 Å². The molecule has 0 aromatic heterocycles. The average Bonchev–Trinajstić information content (AvgIpc) is 2.34. The van der Waals surface area contributed by atoms with Gasteiger partial charge in [-0.05, 0) is 5.56 Å². The summed E-state index contributed by atoms with van der Waals surface area (Å²) in [5.41, 5.74) is 1.02. The highest BCUT2D eigenvalue weighted by Crippen LogP contribution is 2.28. The smallest absolute Gasteiger partial charge is 0.195 e. The van der Waals surface area contributed by atoms with Crippen LogP contribution in [0.15, 0.2) is 36.4 Å². The van der Waals surface area contributed by atoms with Crippen LogP contribution in [-0.4, -0.2) is 21.1 Å². The van der Waals surface area contributed by atoms with E-state index in [-0.39, 0.29) is 9.86 Å². The van der Waals surface area contributed by atoms with Gasteiger partial charge in [0.2, 0.25) is 0 Å². The Balaban J connectivity index is 2.60. The lowest BCUT2D eigenvalue weighted by Crippen LogP contribution is -2.25. The molecule has 1 rings (SSSR count). The van der Waals surface area contributed by atoms with Gasteiger partial charge in [0.05, 0.1) is 12.0 Å². The van der Waals surface area contributed by atoms with Crippen LogP contribution < -0.4 is 0 Å². The predicted octanol–water partition coefficient (Wildman–Crippen LogP) is 3.76. The van der Waals surface area contributed by atoms with Gasteiger partial charge in [-0.3, -0.25) is 4.79 Å². The summed E-state index contributed by atoms with van der Waals surface area (Å²) < 4.78 is -0.117. The maximum Gasteiger partial charge on any atom is 0.195 e. The molecule has 0 fully saturated rings. The minimum atomic E-state index is -0.748. The van der Waals surface area contributed by atoms with Crippen molar-refractivity contribution in [1.82, 2.24) is 0 Å². The summed E-state index contributed by atoms with van der Waals surface area (Å²) in [5.74, 6) is -0.399. The van der Waals surface area contributed by atoms with E-state index in [0.717, 1.165) is 5.56 Å². The molecule has 0 aliphatic heterocycles. The van der Waals surface area contributed by atoms with Crippen LogP contribution in [0, 0.1) is 5.92 Å². The van der Waals surface area contributed by atoms with Crippen molar-refractivity contribution in [3.05, 3.63) is 42.0 Å². The zero-order chi connectivity index (χ0) is 14.5. The molecule has 1 N–H and O–H groups in total. The summed E-state index contributed by atoms with van der Waals surface area (Å²) in [7, 11) is 0. The van der Waals surface area contributed by atoms with E-state index >= 15 is 0 Å². The third-order valence-electron chi connectivity index (χ3n) is 2.58. The summed E-state index contributed by atoms with van der Waals surface area (Å²) in [6.45, 7) is 7.75. The van der Waals surface area contributed by atoms with Crippen molar-refractivity contribution in [3.63, 3.8) is 0 Å². The van der Waals surface area contributed by atoms with E-state index in [9.17, 15) is 9.90 Å². The van der Waals surface area contributed by atoms with E-state index in [4.69, 9.17) is 0 Å². The fourth-order valence-corrected chi connectivity index (χ4v) is 2.40. The maximum atomic E-state index is 12.0. The molecule has 0 amide bonds. The van der Waals surface area contributed by atoms with Crippen molar-refractivity contribution in [1.29, 1.82) is 0 Å². The Morgan fingerprint density at radius 1 is 1.26 bits per heavy atom. The molecule has 0 saturated carbocycles. The first-order valence-electron chi connectivity index (χ1n) is 6.44. The molecule has 0 unspecified atom stereocenters. The third-order valence-corrected chi connectivity index (χ3v) is 3.76. The number of thioether (sulfide) groups is 1. The van der Waals surface area contributed by atoms with Crippen molar-refractivity contribution in [2.75, 3.05) is 0 Å². The van der Waals surface area contributed by atoms with Gasteiger partial charge in [-0.25, -0.2) is 0 Å². The monoisotopic (exact) mass is 278 g/mol. The average molecular weight is 278 g/mol. The number of benzene rings is 1. The van der Waals surface area contributed by atoms with Crippen LogP contribution >= 0.6 is 11.8 Å². The minimum absolute atomic E-state index is 0.0257. The van der Waals surface area contributed by atoms with E-state index in [1.807, 2.05) is 57.2 Å². The van der Waals surface area contributed by atoms with Crippen LogP contribution in [0.5, 0.6) is 0 Å². The van der Waals surface area contributed by atoms with Crippen molar-refractivity contribution in [3.8, 4) is 0 Å². The normalized spacial score (nSPS) is 15.4. The second-order valence-corrected chi connectivity index (χ2v) is 7.41. The van der Waals surface area contributed by atoms with E-state index in [1.165, 1.54) is 11.8 Å². The summed E-state index contributed by atoms with van der Waals surface area (Å²) in [5, 5.41) is 10.1. The van der Waals surface area contributed by atoms with E-state index in [0.29, 0.717) is 0 Å². The molecule has 104 valence electrons. The van der Waals surface area contributed by atoms with E-state index < -0.39 is 12.0 Å². The molecule has 0 spiro atoms. The van der Waals surface area contributed by atoms with Crippen LogP contribution in [0.3, 0.4) is 0 Å². The van der Waals surface area contributed by atoms with E-state index in [2.05, 4.69) is 0 Å². The Morgan fingerprint density at radius 2 is 1.84 bits per heavy atom. The highest BCUT2D eigenvalue weighted by atomic mass is 32.2. The van der Waals surface area contributed by atoms with Gasteiger partial charge in [-0.15, -0.1) is 0 Å². The van der Waals surface area contributed by atoms with Gasteiger partial charge in [0.25, 0.3) is 0 Å². The number of aliphatic hydroxyl groups excluding tert-OH is 1. The van der Waals surface area contributed by atoms with Crippen molar-refractivity contribution in [2.45, 2.75) is 38.5 Å². The SMILES string of the molecule is C[C@@H](C(=O)SC(C)(C)C)[C@@H](O)/C=C/c1ccccc1. The molecule has 0 bridgehead atoms. The lowest BCUT2D eigenvalue weighted by molar-refractivity contribution is -0.116. The number of carbonyl (C=O) groups is 1. The number of rotatable bonds is 4. The van der Waals surface area contributed by atoms with Crippen LogP contribution in [0.4, 0.5) is 0 Å². The third kappa shape index (κ3) is 6.08. The van der Waals surface area contributed by atoms with Crippen LogP contribution in [-0.2, 0) is 4.79 Å². The van der Waals surface area contributed by atoms with Crippen LogP contribution in [0.25, 0.3) is 6.08 Å². The zero-order valence-electron chi connectivity index (χ0n) is 12.0. The Hall–Kier alpha value is -1.06. The van der Waals surface area contributed by atoms with Gasteiger partial charge in [-0.1, -0.05) is 81.9 Å². The van der Waals surface area contributed by atoms with Gasteiger partial charge in [0.15, 0.2) is 5.12 Å². The zero-order valence-corrected chi connectivity index (χ0v) is 12.8. The molecule has 1 aromatic rings. The van der Waals surface area contributed by atoms with Gasteiger partial charge in [-0.2, -0.15) is 0 Å². The molecule has 0 heterocycles. The largest absolute Gasteiger partial charge is 0.388 e. The molecule has 0 saturated heterocycles. The van der Waals surface area contributed by atoms with Gasteiger partial charge in [0.1, 0.15) is 0 Å².